The molecule has 1 atom stereocenters. The number of rotatable bonds is 4. The quantitative estimate of drug-likeness (QED) is 0.928. The Labute approximate surface area is 110 Å². The molecule has 0 saturated heterocycles. The molecule has 0 aliphatic rings. The van der Waals surface area contributed by atoms with Crippen molar-refractivity contribution in [3.8, 4) is 0 Å². The van der Waals surface area contributed by atoms with Crippen molar-refractivity contribution in [2.75, 3.05) is 5.32 Å². The van der Waals surface area contributed by atoms with E-state index in [1.165, 1.54) is 5.56 Å². The minimum absolute atomic E-state index is 0.246. The summed E-state index contributed by atoms with van der Waals surface area (Å²) >= 11 is 3.44. The molecule has 1 aromatic carbocycles. The van der Waals surface area contributed by atoms with Crippen LogP contribution in [-0.4, -0.2) is 9.55 Å². The molecule has 1 N–H and O–H groups in total. The number of aryl methyl sites for hydroxylation is 1. The van der Waals surface area contributed by atoms with Gasteiger partial charge in [-0.05, 0) is 31.5 Å². The van der Waals surface area contributed by atoms with E-state index in [1.54, 1.807) is 0 Å². The second kappa shape index (κ2) is 5.36. The highest BCUT2D eigenvalue weighted by atomic mass is 79.9. The van der Waals surface area contributed by atoms with Crippen molar-refractivity contribution in [3.63, 3.8) is 0 Å². The summed E-state index contributed by atoms with van der Waals surface area (Å²) in [4.78, 5) is 4.31. The van der Waals surface area contributed by atoms with Crippen LogP contribution in [0.1, 0.15) is 25.5 Å². The van der Waals surface area contributed by atoms with Gasteiger partial charge in [-0.1, -0.05) is 28.1 Å². The van der Waals surface area contributed by atoms with Crippen molar-refractivity contribution >= 4 is 21.9 Å². The zero-order chi connectivity index (χ0) is 12.3. The Hall–Kier alpha value is -1.29. The number of hydrogen-bond acceptors (Lipinski definition) is 2. The maximum Gasteiger partial charge on any atom is 0.203 e. The van der Waals surface area contributed by atoms with E-state index in [0.717, 1.165) is 17.0 Å². The summed E-state index contributed by atoms with van der Waals surface area (Å²) in [6.07, 6.45) is 3.80. The lowest BCUT2D eigenvalue weighted by Gasteiger charge is -2.15. The SMILES string of the molecule is CCn1ccnc1NC(C)c1ccc(Br)cc1. The van der Waals surface area contributed by atoms with Crippen molar-refractivity contribution in [2.24, 2.45) is 0 Å². The van der Waals surface area contributed by atoms with E-state index in [2.05, 4.69) is 68.9 Å². The fourth-order valence-electron chi connectivity index (χ4n) is 1.73. The zero-order valence-electron chi connectivity index (χ0n) is 10.0. The van der Waals surface area contributed by atoms with Crippen LogP contribution in [0.25, 0.3) is 0 Å². The first-order valence-corrected chi connectivity index (χ1v) is 6.53. The molecule has 0 aliphatic carbocycles. The van der Waals surface area contributed by atoms with Gasteiger partial charge in [-0.15, -0.1) is 0 Å². The minimum atomic E-state index is 0.246. The average molecular weight is 294 g/mol. The van der Waals surface area contributed by atoms with Gasteiger partial charge >= 0.3 is 0 Å². The van der Waals surface area contributed by atoms with E-state index in [4.69, 9.17) is 0 Å². The lowest BCUT2D eigenvalue weighted by Crippen LogP contribution is -2.11. The Morgan fingerprint density at radius 2 is 2.06 bits per heavy atom. The molecule has 0 spiro atoms. The highest BCUT2D eigenvalue weighted by Crippen LogP contribution is 2.20. The van der Waals surface area contributed by atoms with Crippen molar-refractivity contribution in [1.29, 1.82) is 0 Å². The highest BCUT2D eigenvalue weighted by Gasteiger charge is 2.08. The summed E-state index contributed by atoms with van der Waals surface area (Å²) in [6, 6.07) is 8.58. The fraction of sp³-hybridized carbons (Fsp3) is 0.308. The van der Waals surface area contributed by atoms with Gasteiger partial charge in [-0.3, -0.25) is 0 Å². The van der Waals surface area contributed by atoms with Gasteiger partial charge in [-0.2, -0.15) is 0 Å². The fourth-order valence-corrected chi connectivity index (χ4v) is 2.00. The summed E-state index contributed by atoms with van der Waals surface area (Å²) in [6.45, 7) is 5.17. The van der Waals surface area contributed by atoms with Crippen molar-refractivity contribution in [1.82, 2.24) is 9.55 Å². The van der Waals surface area contributed by atoms with Gasteiger partial charge in [0.2, 0.25) is 5.95 Å². The molecular formula is C13H16BrN3. The molecule has 4 heteroatoms. The Morgan fingerprint density at radius 1 is 1.35 bits per heavy atom. The highest BCUT2D eigenvalue weighted by molar-refractivity contribution is 9.10. The maximum atomic E-state index is 4.31. The van der Waals surface area contributed by atoms with Gasteiger partial charge in [0.25, 0.3) is 0 Å². The maximum absolute atomic E-state index is 4.31. The lowest BCUT2D eigenvalue weighted by atomic mass is 10.1. The molecule has 2 aromatic rings. The molecule has 2 rings (SSSR count). The molecule has 1 aromatic heterocycles. The molecule has 0 fully saturated rings. The molecule has 1 unspecified atom stereocenters. The van der Waals surface area contributed by atoms with Crippen LogP contribution >= 0.6 is 15.9 Å². The van der Waals surface area contributed by atoms with Gasteiger partial charge in [0.1, 0.15) is 0 Å². The first-order valence-electron chi connectivity index (χ1n) is 5.74. The molecule has 0 amide bonds. The second-order valence-electron chi connectivity index (χ2n) is 3.95. The Morgan fingerprint density at radius 3 is 2.71 bits per heavy atom. The van der Waals surface area contributed by atoms with Crippen LogP contribution in [0.15, 0.2) is 41.1 Å². The molecule has 3 nitrogen and oxygen atoms in total. The molecule has 17 heavy (non-hydrogen) atoms. The first-order chi connectivity index (χ1) is 8.20. The molecule has 1 heterocycles. The van der Waals surface area contributed by atoms with Crippen LogP contribution in [0.4, 0.5) is 5.95 Å². The van der Waals surface area contributed by atoms with Crippen molar-refractivity contribution in [3.05, 3.63) is 46.7 Å². The van der Waals surface area contributed by atoms with Crippen LogP contribution in [-0.2, 0) is 6.54 Å². The summed E-state index contributed by atoms with van der Waals surface area (Å²) in [5, 5.41) is 3.41. The molecule has 0 radical (unpaired) electrons. The Balaban J connectivity index is 2.11. The number of halogens is 1. The van der Waals surface area contributed by atoms with E-state index in [-0.39, 0.29) is 6.04 Å². The predicted octanol–water partition coefficient (Wildman–Crippen LogP) is 3.84. The minimum Gasteiger partial charge on any atom is -0.349 e. The molecule has 90 valence electrons. The van der Waals surface area contributed by atoms with Crippen molar-refractivity contribution in [2.45, 2.75) is 26.4 Å². The van der Waals surface area contributed by atoms with Crippen LogP contribution in [0.3, 0.4) is 0 Å². The second-order valence-corrected chi connectivity index (χ2v) is 4.87. The van der Waals surface area contributed by atoms with Crippen LogP contribution in [0, 0.1) is 0 Å². The summed E-state index contributed by atoms with van der Waals surface area (Å²) in [5.74, 6) is 0.919. The van der Waals surface area contributed by atoms with E-state index < -0.39 is 0 Å². The number of anilines is 1. The monoisotopic (exact) mass is 293 g/mol. The van der Waals surface area contributed by atoms with Gasteiger partial charge in [0.15, 0.2) is 0 Å². The largest absolute Gasteiger partial charge is 0.349 e. The van der Waals surface area contributed by atoms with Crippen molar-refractivity contribution < 1.29 is 0 Å². The number of nitrogens with zero attached hydrogens (tertiary/aromatic N) is 2. The zero-order valence-corrected chi connectivity index (χ0v) is 11.6. The number of hydrogen-bond donors (Lipinski definition) is 1. The number of benzene rings is 1. The van der Waals surface area contributed by atoms with Gasteiger partial charge < -0.3 is 9.88 Å². The first kappa shape index (κ1) is 12.2. The normalized spacial score (nSPS) is 12.4. The summed E-state index contributed by atoms with van der Waals surface area (Å²) in [5.41, 5.74) is 1.25. The third-order valence-corrected chi connectivity index (χ3v) is 3.30. The lowest BCUT2D eigenvalue weighted by molar-refractivity contribution is 0.744. The topological polar surface area (TPSA) is 29.9 Å². The summed E-state index contributed by atoms with van der Waals surface area (Å²) in [7, 11) is 0. The van der Waals surface area contributed by atoms with E-state index >= 15 is 0 Å². The average Bonchev–Trinajstić information content (AvgIpc) is 2.77. The van der Waals surface area contributed by atoms with Gasteiger partial charge in [0.05, 0.1) is 6.04 Å². The number of imidazole rings is 1. The third kappa shape index (κ3) is 2.88. The number of aromatic nitrogens is 2. The smallest absolute Gasteiger partial charge is 0.203 e. The summed E-state index contributed by atoms with van der Waals surface area (Å²) < 4.78 is 3.19. The van der Waals surface area contributed by atoms with Crippen LogP contribution in [0.2, 0.25) is 0 Å². The third-order valence-electron chi connectivity index (χ3n) is 2.77. The van der Waals surface area contributed by atoms with Crippen LogP contribution in [0.5, 0.6) is 0 Å². The van der Waals surface area contributed by atoms with E-state index in [9.17, 15) is 0 Å². The number of nitrogens with one attached hydrogen (secondary N) is 1. The van der Waals surface area contributed by atoms with E-state index in [0.29, 0.717) is 0 Å². The van der Waals surface area contributed by atoms with Crippen LogP contribution < -0.4 is 5.32 Å². The molecule has 0 saturated carbocycles. The Kier molecular flexibility index (Phi) is 3.84. The molecular weight excluding hydrogens is 278 g/mol. The Bertz CT molecular complexity index is 476. The van der Waals surface area contributed by atoms with E-state index in [1.807, 2.05) is 12.4 Å². The van der Waals surface area contributed by atoms with Gasteiger partial charge in [-0.25, -0.2) is 4.98 Å². The van der Waals surface area contributed by atoms with Gasteiger partial charge in [0, 0.05) is 23.4 Å². The standard InChI is InChI=1S/C13H16BrN3/c1-3-17-9-8-15-13(17)16-10(2)11-4-6-12(14)7-5-11/h4-10H,3H2,1-2H3,(H,15,16). The predicted molar refractivity (Wildman–Crippen MR) is 74.1 cm³/mol. The molecule has 0 bridgehead atoms. The molecule has 0 aliphatic heterocycles.